The Balaban J connectivity index is 1.19. The lowest BCUT2D eigenvalue weighted by atomic mass is 10.1. The Morgan fingerprint density at radius 3 is 0.962 bits per heavy atom. The van der Waals surface area contributed by atoms with E-state index in [1.165, 1.54) is 28.1 Å². The lowest BCUT2D eigenvalue weighted by molar-refractivity contribution is 0.0557. The first-order chi connectivity index (χ1) is 12.8. The van der Waals surface area contributed by atoms with Crippen LogP contribution in [0.4, 0.5) is 0 Å². The summed E-state index contributed by atoms with van der Waals surface area (Å²) in [5, 5.41) is 0. The smallest absolute Gasteiger partial charge is 0.139 e. The van der Waals surface area contributed by atoms with Crippen LogP contribution in [0.5, 0.6) is 0 Å². The minimum atomic E-state index is 0.678. The van der Waals surface area contributed by atoms with Crippen molar-refractivity contribution in [3.8, 4) is 0 Å². The van der Waals surface area contributed by atoms with Crippen LogP contribution >= 0.6 is 47.0 Å². The molecule has 0 atom stereocenters. The van der Waals surface area contributed by atoms with Crippen LogP contribution < -0.4 is 0 Å². The number of allylic oxidation sites excluding steroid dienone is 4. The highest BCUT2D eigenvalue weighted by Gasteiger charge is 2.36. The zero-order valence-electron chi connectivity index (χ0n) is 13.9. The molecule has 0 aromatic heterocycles. The molecule has 0 radical (unpaired) electrons. The van der Waals surface area contributed by atoms with E-state index in [1.807, 2.05) is 47.0 Å². The highest BCUT2D eigenvalue weighted by Crippen LogP contribution is 2.64. The van der Waals surface area contributed by atoms with Gasteiger partial charge in [0.2, 0.25) is 0 Å². The van der Waals surface area contributed by atoms with Gasteiger partial charge in [-0.2, -0.15) is 0 Å². The first-order valence-electron chi connectivity index (χ1n) is 8.68. The summed E-state index contributed by atoms with van der Waals surface area (Å²) < 4.78 is 26.1. The van der Waals surface area contributed by atoms with Crippen molar-refractivity contribution in [1.29, 1.82) is 0 Å². The summed E-state index contributed by atoms with van der Waals surface area (Å²) in [7, 11) is 0. The van der Waals surface area contributed by atoms with Crippen molar-refractivity contribution >= 4 is 47.0 Å². The van der Waals surface area contributed by atoms with Gasteiger partial charge in [-0.15, -0.1) is 0 Å². The molecule has 0 unspecified atom stereocenters. The predicted molar refractivity (Wildman–Crippen MR) is 108 cm³/mol. The lowest BCUT2D eigenvalue weighted by Gasteiger charge is -2.25. The van der Waals surface area contributed by atoms with Gasteiger partial charge >= 0.3 is 0 Å². The molecule has 6 rings (SSSR count). The van der Waals surface area contributed by atoms with E-state index in [2.05, 4.69) is 0 Å². The van der Waals surface area contributed by atoms with Crippen molar-refractivity contribution in [2.24, 2.45) is 0 Å². The Bertz CT molecular complexity index is 730. The number of thioether (sulfide) groups is 4. The second-order valence-electron chi connectivity index (χ2n) is 6.47. The Hall–Kier alpha value is -0.700. The molecule has 4 aliphatic heterocycles. The highest BCUT2D eigenvalue weighted by atomic mass is 32.2. The first kappa shape index (κ1) is 16.3. The molecule has 4 heterocycles. The molecule has 0 spiro atoms. The molecule has 0 saturated carbocycles. The van der Waals surface area contributed by atoms with Gasteiger partial charge in [-0.25, -0.2) is 0 Å². The minimum absolute atomic E-state index is 0.678. The maximum Gasteiger partial charge on any atom is 0.139 e. The molecule has 26 heavy (non-hydrogen) atoms. The number of hydrogen-bond donors (Lipinski definition) is 0. The van der Waals surface area contributed by atoms with Gasteiger partial charge in [-0.05, 0) is 0 Å². The molecule has 0 N–H and O–H groups in total. The third kappa shape index (κ3) is 2.72. The van der Waals surface area contributed by atoms with Crippen LogP contribution in [-0.2, 0) is 18.9 Å². The fourth-order valence-corrected chi connectivity index (χ4v) is 9.41. The van der Waals surface area contributed by atoms with E-state index in [4.69, 9.17) is 18.9 Å². The van der Waals surface area contributed by atoms with Gasteiger partial charge in [0.25, 0.3) is 0 Å². The third-order valence-corrected chi connectivity index (χ3v) is 10.7. The molecule has 4 nitrogen and oxygen atoms in total. The topological polar surface area (TPSA) is 36.9 Å². The van der Waals surface area contributed by atoms with Crippen LogP contribution in [0.1, 0.15) is 25.7 Å². The van der Waals surface area contributed by atoms with Crippen LogP contribution in [0, 0.1) is 0 Å². The zero-order chi connectivity index (χ0) is 17.1. The average molecular weight is 425 g/mol. The van der Waals surface area contributed by atoms with Crippen LogP contribution in [0.15, 0.2) is 51.1 Å². The average Bonchev–Trinajstić information content (AvgIpc) is 3.27. The van der Waals surface area contributed by atoms with Crippen LogP contribution in [0.3, 0.4) is 0 Å². The summed E-state index contributed by atoms with van der Waals surface area (Å²) in [4.78, 5) is 5.77. The van der Waals surface area contributed by atoms with Gasteiger partial charge in [0.15, 0.2) is 0 Å². The summed E-state index contributed by atoms with van der Waals surface area (Å²) in [6.07, 6.45) is 3.55. The molecule has 0 aromatic rings. The molecule has 6 aliphatic rings. The van der Waals surface area contributed by atoms with Gasteiger partial charge in [-0.3, -0.25) is 0 Å². The maximum absolute atomic E-state index is 5.81. The molecule has 2 aliphatic carbocycles. The largest absolute Gasteiger partial charge is 0.490 e. The van der Waals surface area contributed by atoms with Crippen molar-refractivity contribution in [2.75, 3.05) is 26.4 Å². The molecule has 0 fully saturated rings. The second kappa shape index (κ2) is 6.43. The molecule has 0 bridgehead atoms. The minimum Gasteiger partial charge on any atom is -0.490 e. The molecule has 0 aromatic carbocycles. The monoisotopic (exact) mass is 424 g/mol. The summed E-state index contributed by atoms with van der Waals surface area (Å²) in [6.45, 7) is 2.71. The van der Waals surface area contributed by atoms with Gasteiger partial charge < -0.3 is 18.9 Å². The third-order valence-electron chi connectivity index (χ3n) is 4.83. The quantitative estimate of drug-likeness (QED) is 0.497. The summed E-state index contributed by atoms with van der Waals surface area (Å²) in [5.41, 5.74) is 0. The van der Waals surface area contributed by atoms with Gasteiger partial charge in [0, 0.05) is 45.3 Å². The maximum atomic E-state index is 5.81. The Kier molecular flexibility index (Phi) is 4.02. The molecule has 136 valence electrons. The summed E-state index contributed by atoms with van der Waals surface area (Å²) in [6, 6.07) is 0. The molecule has 8 heteroatoms. The second-order valence-corrected chi connectivity index (χ2v) is 11.4. The van der Waals surface area contributed by atoms with Crippen molar-refractivity contribution < 1.29 is 18.9 Å². The van der Waals surface area contributed by atoms with Crippen LogP contribution in [-0.4, -0.2) is 26.4 Å². The van der Waals surface area contributed by atoms with E-state index in [1.54, 1.807) is 0 Å². The SMILES string of the molecule is C1COC2=C(CC3=C(C2)SC(=C2SC4=C(CC5=C(C4)OCCO5)S2)S3)O1. The fraction of sp³-hybridized carbons (Fsp3) is 0.444. The van der Waals surface area contributed by atoms with Gasteiger partial charge in [-0.1, -0.05) is 47.0 Å². The first-order valence-corrected chi connectivity index (χ1v) is 11.9. The van der Waals surface area contributed by atoms with Crippen molar-refractivity contribution in [2.45, 2.75) is 25.7 Å². The number of rotatable bonds is 0. The summed E-state index contributed by atoms with van der Waals surface area (Å²) in [5.74, 6) is 4.18. The van der Waals surface area contributed by atoms with Crippen molar-refractivity contribution in [3.63, 3.8) is 0 Å². The van der Waals surface area contributed by atoms with E-state index in [-0.39, 0.29) is 0 Å². The molecule has 0 amide bonds. The van der Waals surface area contributed by atoms with Crippen molar-refractivity contribution in [1.82, 2.24) is 0 Å². The normalized spacial score (nSPS) is 27.4. The molecular formula is C18H16O4S4. The van der Waals surface area contributed by atoms with E-state index in [0.717, 1.165) is 48.7 Å². The molecule has 0 saturated heterocycles. The van der Waals surface area contributed by atoms with E-state index in [9.17, 15) is 0 Å². The Labute approximate surface area is 168 Å². The van der Waals surface area contributed by atoms with Crippen LogP contribution in [0.25, 0.3) is 0 Å². The number of hydrogen-bond acceptors (Lipinski definition) is 8. The number of ether oxygens (including phenoxy) is 4. The van der Waals surface area contributed by atoms with E-state index in [0.29, 0.717) is 26.4 Å². The molecular weight excluding hydrogens is 408 g/mol. The fourth-order valence-electron chi connectivity index (χ4n) is 3.59. The van der Waals surface area contributed by atoms with Gasteiger partial charge in [0.1, 0.15) is 49.5 Å². The van der Waals surface area contributed by atoms with E-state index >= 15 is 0 Å². The Morgan fingerprint density at radius 2 is 0.692 bits per heavy atom. The lowest BCUT2D eigenvalue weighted by Crippen LogP contribution is -2.16. The Morgan fingerprint density at radius 1 is 0.423 bits per heavy atom. The zero-order valence-corrected chi connectivity index (χ0v) is 17.2. The van der Waals surface area contributed by atoms with E-state index < -0.39 is 0 Å². The predicted octanol–water partition coefficient (Wildman–Crippen LogP) is 5.60. The standard InChI is InChI=1S/C18H16O4S4/c1-2-20-10-6-14-13(5-9(10)19-1)23-17(24-14)18-25-15-7-11-12(8-16(15)26-18)22-4-3-21-11/h1-8H2. The van der Waals surface area contributed by atoms with Crippen LogP contribution in [0.2, 0.25) is 0 Å². The van der Waals surface area contributed by atoms with Crippen molar-refractivity contribution in [3.05, 3.63) is 51.1 Å². The highest BCUT2D eigenvalue weighted by molar-refractivity contribution is 8.34. The van der Waals surface area contributed by atoms with Gasteiger partial charge in [0.05, 0.1) is 8.47 Å². The summed E-state index contributed by atoms with van der Waals surface area (Å²) >= 11 is 7.71.